The van der Waals surface area contributed by atoms with Gasteiger partial charge in [0.05, 0.1) is 0 Å². The van der Waals surface area contributed by atoms with Crippen LogP contribution < -0.4 is 14.1 Å². The standard InChI is InChI=1S/C9H13.C2H5.3FH.Ti/c1-6-5-7(2)9(4)8(6)3;1-2;;;;/h5H,1-4H3;1H2,2H3;3*1H;/q2*-1;;;;+3/p-3. The maximum absolute atomic E-state index is 3.25. The molecule has 0 N–H and O–H groups in total. The second kappa shape index (κ2) is 13.9. The second-order valence-corrected chi connectivity index (χ2v) is 2.76. The van der Waals surface area contributed by atoms with E-state index in [1.54, 1.807) is 6.92 Å². The maximum atomic E-state index is 3.25. The Labute approximate surface area is 106 Å². The monoisotopic (exact) mass is 255 g/mol. The zero-order chi connectivity index (χ0) is 9.02. The Morgan fingerprint density at radius 1 is 0.733 bits per heavy atom. The third-order valence-electron chi connectivity index (χ3n) is 2.18. The Morgan fingerprint density at radius 3 is 1.00 bits per heavy atom. The summed E-state index contributed by atoms with van der Waals surface area (Å²) in [5.41, 5.74) is 5.75. The third-order valence-corrected chi connectivity index (χ3v) is 2.18. The molecule has 4 heteroatoms. The van der Waals surface area contributed by atoms with Crippen molar-refractivity contribution in [2.24, 2.45) is 0 Å². The van der Waals surface area contributed by atoms with Gasteiger partial charge in [-0.1, -0.05) is 27.7 Å². The van der Waals surface area contributed by atoms with Crippen molar-refractivity contribution in [1.29, 1.82) is 0 Å². The first-order valence-corrected chi connectivity index (χ1v) is 4.03. The van der Waals surface area contributed by atoms with Gasteiger partial charge in [-0.15, -0.1) is 0 Å². The smallest absolute Gasteiger partial charge is 1.00 e. The number of hydrogen-bond acceptors (Lipinski definition) is 0. The molecule has 0 aliphatic heterocycles. The van der Waals surface area contributed by atoms with Crippen LogP contribution in [0.25, 0.3) is 0 Å². The topological polar surface area (TPSA) is 0 Å². The molecule has 0 saturated heterocycles. The minimum Gasteiger partial charge on any atom is -1.00 e. The van der Waals surface area contributed by atoms with E-state index in [-0.39, 0.29) is 35.8 Å². The molecule has 0 aliphatic rings. The maximum Gasteiger partial charge on any atom is 3.00 e. The Balaban J connectivity index is -0.0000000526. The number of halogens is 3. The summed E-state index contributed by atoms with van der Waals surface area (Å²) in [6.07, 6.45) is 0. The Hall–Kier alpha value is -0.146. The van der Waals surface area contributed by atoms with E-state index in [4.69, 9.17) is 0 Å². The molecule has 0 aliphatic carbocycles. The molecular formula is C11H18F3Ti-2. The second-order valence-electron chi connectivity index (χ2n) is 2.76. The SMILES string of the molecule is Cc1[cH-]c(C)c(C)c1C.[CH2-]C.[F-].[F-].[F-].[Ti+3]. The molecule has 1 aromatic rings. The Kier molecular flexibility index (Phi) is 27.1. The summed E-state index contributed by atoms with van der Waals surface area (Å²) in [5.74, 6) is 0. The van der Waals surface area contributed by atoms with E-state index in [1.807, 2.05) is 0 Å². The van der Waals surface area contributed by atoms with Crippen LogP contribution in [-0.4, -0.2) is 0 Å². The van der Waals surface area contributed by atoms with Gasteiger partial charge in [0, 0.05) is 0 Å². The van der Waals surface area contributed by atoms with Crippen LogP contribution in [0.2, 0.25) is 0 Å². The van der Waals surface area contributed by atoms with Gasteiger partial charge < -0.3 is 21.0 Å². The van der Waals surface area contributed by atoms with Crippen molar-refractivity contribution in [1.82, 2.24) is 0 Å². The Morgan fingerprint density at radius 2 is 0.933 bits per heavy atom. The number of rotatable bonds is 0. The predicted octanol–water partition coefficient (Wildman–Crippen LogP) is -5.51. The van der Waals surface area contributed by atoms with Crippen molar-refractivity contribution in [2.75, 3.05) is 0 Å². The molecule has 0 aromatic heterocycles. The van der Waals surface area contributed by atoms with Crippen LogP contribution in [0.15, 0.2) is 6.07 Å². The first kappa shape index (κ1) is 29.4. The van der Waals surface area contributed by atoms with Crippen LogP contribution in [0.3, 0.4) is 0 Å². The quantitative estimate of drug-likeness (QED) is 0.320. The minimum absolute atomic E-state index is 0. The molecule has 0 atom stereocenters. The van der Waals surface area contributed by atoms with E-state index in [9.17, 15) is 0 Å². The molecule has 1 rings (SSSR count). The molecular weight excluding hydrogens is 237 g/mol. The van der Waals surface area contributed by atoms with Crippen molar-refractivity contribution in [2.45, 2.75) is 34.6 Å². The van der Waals surface area contributed by atoms with Crippen molar-refractivity contribution >= 4 is 0 Å². The van der Waals surface area contributed by atoms with Crippen molar-refractivity contribution < 1.29 is 35.8 Å². The molecule has 89 valence electrons. The summed E-state index contributed by atoms with van der Waals surface area (Å²) in [4.78, 5) is 0. The van der Waals surface area contributed by atoms with Gasteiger partial charge >= 0.3 is 21.7 Å². The van der Waals surface area contributed by atoms with Crippen molar-refractivity contribution in [3.8, 4) is 0 Å². The fraction of sp³-hybridized carbons (Fsp3) is 0.455. The summed E-state index contributed by atoms with van der Waals surface area (Å²) >= 11 is 0. The van der Waals surface area contributed by atoms with E-state index in [1.165, 1.54) is 22.3 Å². The van der Waals surface area contributed by atoms with Gasteiger partial charge in [-0.25, -0.2) is 0 Å². The molecule has 0 saturated carbocycles. The van der Waals surface area contributed by atoms with Crippen LogP contribution in [-0.2, 0) is 21.7 Å². The van der Waals surface area contributed by atoms with Crippen molar-refractivity contribution in [3.05, 3.63) is 35.2 Å². The van der Waals surface area contributed by atoms with E-state index >= 15 is 0 Å². The molecule has 0 bridgehead atoms. The number of aryl methyl sites for hydroxylation is 2. The zero-order valence-electron chi connectivity index (χ0n) is 9.92. The first-order chi connectivity index (χ1) is 5.13. The average Bonchev–Trinajstić information content (AvgIpc) is 2.22. The summed E-state index contributed by atoms with van der Waals surface area (Å²) in [6, 6.07) is 2.24. The first-order valence-electron chi connectivity index (χ1n) is 4.03. The van der Waals surface area contributed by atoms with Gasteiger partial charge in [-0.2, -0.15) is 35.2 Å². The van der Waals surface area contributed by atoms with Gasteiger partial charge in [-0.3, -0.25) is 0 Å². The zero-order valence-corrected chi connectivity index (χ0v) is 11.5. The van der Waals surface area contributed by atoms with Crippen LogP contribution >= 0.6 is 0 Å². The summed E-state index contributed by atoms with van der Waals surface area (Å²) in [6.45, 7) is 13.7. The average molecular weight is 255 g/mol. The number of hydrogen-bond donors (Lipinski definition) is 0. The van der Waals surface area contributed by atoms with Gasteiger partial charge in [0.2, 0.25) is 0 Å². The summed E-state index contributed by atoms with van der Waals surface area (Å²) < 4.78 is 0. The van der Waals surface area contributed by atoms with Crippen LogP contribution in [0.1, 0.15) is 29.2 Å². The van der Waals surface area contributed by atoms with Crippen molar-refractivity contribution in [3.63, 3.8) is 0 Å². The minimum atomic E-state index is 0. The van der Waals surface area contributed by atoms with Gasteiger partial charge in [0.1, 0.15) is 0 Å². The van der Waals surface area contributed by atoms with Gasteiger partial charge in [-0.05, 0) is 0 Å². The molecule has 15 heavy (non-hydrogen) atoms. The van der Waals surface area contributed by atoms with E-state index in [2.05, 4.69) is 40.7 Å². The predicted molar refractivity (Wildman–Crippen MR) is 52.0 cm³/mol. The molecule has 0 fully saturated rings. The van der Waals surface area contributed by atoms with Crippen LogP contribution in [0.5, 0.6) is 0 Å². The fourth-order valence-corrected chi connectivity index (χ4v) is 1.13. The normalized spacial score (nSPS) is 6.53. The molecule has 0 heterocycles. The molecule has 1 aromatic carbocycles. The van der Waals surface area contributed by atoms with Crippen LogP contribution in [0.4, 0.5) is 0 Å². The van der Waals surface area contributed by atoms with E-state index < -0.39 is 0 Å². The molecule has 0 nitrogen and oxygen atoms in total. The van der Waals surface area contributed by atoms with Crippen LogP contribution in [0, 0.1) is 34.6 Å². The summed E-state index contributed by atoms with van der Waals surface area (Å²) in [5, 5.41) is 0. The van der Waals surface area contributed by atoms with E-state index in [0.29, 0.717) is 0 Å². The Bertz CT molecular complexity index is 209. The summed E-state index contributed by atoms with van der Waals surface area (Å²) in [7, 11) is 0. The fourth-order valence-electron chi connectivity index (χ4n) is 1.13. The third kappa shape index (κ3) is 7.75. The van der Waals surface area contributed by atoms with Gasteiger partial charge in [0.15, 0.2) is 0 Å². The molecule has 1 radical (unpaired) electrons. The molecule has 0 spiro atoms. The molecule has 0 unspecified atom stereocenters. The largest absolute Gasteiger partial charge is 3.00 e. The molecule has 0 amide bonds. The van der Waals surface area contributed by atoms with E-state index in [0.717, 1.165) is 0 Å². The van der Waals surface area contributed by atoms with Gasteiger partial charge in [0.25, 0.3) is 0 Å².